The van der Waals surface area contributed by atoms with Gasteiger partial charge in [-0.2, -0.15) is 0 Å². The lowest BCUT2D eigenvalue weighted by Crippen LogP contribution is -2.43. The molecule has 0 aliphatic heterocycles. The highest BCUT2D eigenvalue weighted by Gasteiger charge is 2.26. The second-order valence-corrected chi connectivity index (χ2v) is 7.16. The number of benzene rings is 1. The molecule has 2 rings (SSSR count). The van der Waals surface area contributed by atoms with Crippen molar-refractivity contribution in [3.05, 3.63) is 35.4 Å². The van der Waals surface area contributed by atoms with E-state index in [1.165, 1.54) is 5.56 Å². The van der Waals surface area contributed by atoms with Gasteiger partial charge in [-0.15, -0.1) is 0 Å². The minimum Gasteiger partial charge on any atom is -0.396 e. The van der Waals surface area contributed by atoms with Gasteiger partial charge in [0, 0.05) is 36.7 Å². The highest BCUT2D eigenvalue weighted by molar-refractivity contribution is 5.94. The molecule has 2 atom stereocenters. The second kappa shape index (κ2) is 9.19. The normalized spacial score (nSPS) is 21.2. The van der Waals surface area contributed by atoms with Gasteiger partial charge in [-0.25, -0.2) is 0 Å². The van der Waals surface area contributed by atoms with Gasteiger partial charge in [0.25, 0.3) is 5.91 Å². The van der Waals surface area contributed by atoms with Gasteiger partial charge in [0.05, 0.1) is 0 Å². The van der Waals surface area contributed by atoms with Crippen molar-refractivity contribution in [2.24, 2.45) is 5.92 Å². The zero-order valence-electron chi connectivity index (χ0n) is 15.3. The SMILES string of the molecule is CCN(Cc1ccc(C(=O)NC2CCCCC2CO)cc1)C(C)C. The summed E-state index contributed by atoms with van der Waals surface area (Å²) in [5.74, 6) is 0.175. The summed E-state index contributed by atoms with van der Waals surface area (Å²) in [7, 11) is 0. The van der Waals surface area contributed by atoms with Crippen LogP contribution in [0.3, 0.4) is 0 Å². The zero-order chi connectivity index (χ0) is 17.5. The summed E-state index contributed by atoms with van der Waals surface area (Å²) in [6.45, 7) is 8.66. The average molecular weight is 332 g/mol. The number of carbonyl (C=O) groups is 1. The van der Waals surface area contributed by atoms with Gasteiger partial charge in [0.15, 0.2) is 0 Å². The molecule has 134 valence electrons. The lowest BCUT2D eigenvalue weighted by Gasteiger charge is -2.30. The minimum absolute atomic E-state index is 0.0249. The number of nitrogens with one attached hydrogen (secondary N) is 1. The Kier molecular flexibility index (Phi) is 7.25. The van der Waals surface area contributed by atoms with Crippen LogP contribution in [0.5, 0.6) is 0 Å². The van der Waals surface area contributed by atoms with Crippen LogP contribution in [-0.2, 0) is 6.54 Å². The molecule has 0 radical (unpaired) electrons. The van der Waals surface area contributed by atoms with Crippen LogP contribution < -0.4 is 5.32 Å². The molecule has 1 aromatic carbocycles. The lowest BCUT2D eigenvalue weighted by molar-refractivity contribution is 0.0872. The Morgan fingerprint density at radius 2 is 1.92 bits per heavy atom. The van der Waals surface area contributed by atoms with E-state index in [-0.39, 0.29) is 24.5 Å². The van der Waals surface area contributed by atoms with Gasteiger partial charge in [0.2, 0.25) is 0 Å². The molecule has 4 nitrogen and oxygen atoms in total. The number of rotatable bonds is 7. The Hall–Kier alpha value is -1.39. The number of hydrogen-bond acceptors (Lipinski definition) is 3. The lowest BCUT2D eigenvalue weighted by atomic mass is 9.85. The standard InChI is InChI=1S/C20H32N2O2/c1-4-22(15(2)3)13-16-9-11-17(12-10-16)20(24)21-19-8-6-5-7-18(19)14-23/h9-12,15,18-19,23H,4-8,13-14H2,1-3H3,(H,21,24). The van der Waals surface area contributed by atoms with Crippen LogP contribution in [0.25, 0.3) is 0 Å². The number of hydrogen-bond donors (Lipinski definition) is 2. The molecule has 2 unspecified atom stereocenters. The summed E-state index contributed by atoms with van der Waals surface area (Å²) in [6.07, 6.45) is 4.25. The van der Waals surface area contributed by atoms with Crippen molar-refractivity contribution in [3.63, 3.8) is 0 Å². The fourth-order valence-corrected chi connectivity index (χ4v) is 3.52. The van der Waals surface area contributed by atoms with Crippen molar-refractivity contribution in [1.82, 2.24) is 10.2 Å². The van der Waals surface area contributed by atoms with E-state index < -0.39 is 0 Å². The van der Waals surface area contributed by atoms with Gasteiger partial charge in [0.1, 0.15) is 0 Å². The van der Waals surface area contributed by atoms with Crippen LogP contribution in [0.4, 0.5) is 0 Å². The molecule has 1 saturated carbocycles. The van der Waals surface area contributed by atoms with E-state index in [9.17, 15) is 9.90 Å². The molecule has 0 saturated heterocycles. The molecule has 2 N–H and O–H groups in total. The molecule has 1 fully saturated rings. The third-order valence-electron chi connectivity index (χ3n) is 5.20. The summed E-state index contributed by atoms with van der Waals surface area (Å²) >= 11 is 0. The van der Waals surface area contributed by atoms with E-state index in [2.05, 4.69) is 31.0 Å². The molecule has 0 heterocycles. The quantitative estimate of drug-likeness (QED) is 0.806. The second-order valence-electron chi connectivity index (χ2n) is 7.16. The molecular weight excluding hydrogens is 300 g/mol. The first-order valence-electron chi connectivity index (χ1n) is 9.29. The largest absolute Gasteiger partial charge is 0.396 e. The van der Waals surface area contributed by atoms with Crippen molar-refractivity contribution >= 4 is 5.91 Å². The van der Waals surface area contributed by atoms with E-state index in [4.69, 9.17) is 0 Å². The molecule has 1 aromatic rings. The summed E-state index contributed by atoms with van der Waals surface area (Å²) in [6, 6.07) is 8.53. The van der Waals surface area contributed by atoms with Crippen molar-refractivity contribution in [2.45, 2.75) is 65.1 Å². The Morgan fingerprint density at radius 3 is 2.50 bits per heavy atom. The van der Waals surface area contributed by atoms with E-state index in [0.29, 0.717) is 11.6 Å². The van der Waals surface area contributed by atoms with E-state index in [1.54, 1.807) is 0 Å². The van der Waals surface area contributed by atoms with Crippen LogP contribution >= 0.6 is 0 Å². The van der Waals surface area contributed by atoms with Gasteiger partial charge in [-0.1, -0.05) is 31.9 Å². The smallest absolute Gasteiger partial charge is 0.251 e. The molecule has 0 bridgehead atoms. The molecule has 0 aromatic heterocycles. The highest BCUT2D eigenvalue weighted by Crippen LogP contribution is 2.24. The maximum Gasteiger partial charge on any atom is 0.251 e. The Balaban J connectivity index is 1.95. The summed E-state index contributed by atoms with van der Waals surface area (Å²) in [5, 5.41) is 12.6. The molecule has 4 heteroatoms. The van der Waals surface area contributed by atoms with E-state index >= 15 is 0 Å². The molecule has 24 heavy (non-hydrogen) atoms. The highest BCUT2D eigenvalue weighted by atomic mass is 16.3. The average Bonchev–Trinajstić information content (AvgIpc) is 2.60. The number of carbonyl (C=O) groups excluding carboxylic acids is 1. The summed E-state index contributed by atoms with van der Waals surface area (Å²) < 4.78 is 0. The van der Waals surface area contributed by atoms with Crippen LogP contribution in [0.15, 0.2) is 24.3 Å². The van der Waals surface area contributed by atoms with Gasteiger partial charge >= 0.3 is 0 Å². The predicted molar refractivity (Wildman–Crippen MR) is 98.0 cm³/mol. The van der Waals surface area contributed by atoms with Crippen molar-refractivity contribution in [2.75, 3.05) is 13.2 Å². The number of nitrogens with zero attached hydrogens (tertiary/aromatic N) is 1. The Bertz CT molecular complexity index is 513. The van der Waals surface area contributed by atoms with Crippen molar-refractivity contribution in [1.29, 1.82) is 0 Å². The van der Waals surface area contributed by atoms with Crippen molar-refractivity contribution in [3.8, 4) is 0 Å². The Morgan fingerprint density at radius 1 is 1.25 bits per heavy atom. The summed E-state index contributed by atoms with van der Waals surface area (Å²) in [5.41, 5.74) is 1.93. The molecule has 1 aliphatic rings. The zero-order valence-corrected chi connectivity index (χ0v) is 15.3. The molecule has 1 amide bonds. The van der Waals surface area contributed by atoms with Crippen LogP contribution in [0.1, 0.15) is 62.4 Å². The van der Waals surface area contributed by atoms with Gasteiger partial charge in [-0.3, -0.25) is 9.69 Å². The van der Waals surface area contributed by atoms with Crippen molar-refractivity contribution < 1.29 is 9.90 Å². The maximum atomic E-state index is 12.5. The van der Waals surface area contributed by atoms with E-state index in [0.717, 1.165) is 38.8 Å². The Labute approximate surface area is 146 Å². The summed E-state index contributed by atoms with van der Waals surface area (Å²) in [4.78, 5) is 14.9. The third kappa shape index (κ3) is 5.05. The predicted octanol–water partition coefficient (Wildman–Crippen LogP) is 3.20. The first-order chi connectivity index (χ1) is 11.5. The topological polar surface area (TPSA) is 52.6 Å². The first kappa shape index (κ1) is 18.9. The molecule has 0 spiro atoms. The minimum atomic E-state index is -0.0249. The first-order valence-corrected chi connectivity index (χ1v) is 9.29. The number of amides is 1. The molecular formula is C20H32N2O2. The van der Waals surface area contributed by atoms with Crippen LogP contribution in [0.2, 0.25) is 0 Å². The third-order valence-corrected chi connectivity index (χ3v) is 5.20. The fraction of sp³-hybridized carbons (Fsp3) is 0.650. The fourth-order valence-electron chi connectivity index (χ4n) is 3.52. The number of aliphatic hydroxyl groups is 1. The van der Waals surface area contributed by atoms with Gasteiger partial charge < -0.3 is 10.4 Å². The maximum absolute atomic E-state index is 12.5. The number of aliphatic hydroxyl groups excluding tert-OH is 1. The molecule has 1 aliphatic carbocycles. The van der Waals surface area contributed by atoms with E-state index in [1.807, 2.05) is 24.3 Å². The van der Waals surface area contributed by atoms with Crippen LogP contribution in [-0.4, -0.2) is 41.1 Å². The van der Waals surface area contributed by atoms with Crippen LogP contribution in [0, 0.1) is 5.92 Å². The monoisotopic (exact) mass is 332 g/mol. The van der Waals surface area contributed by atoms with Gasteiger partial charge in [-0.05, 0) is 50.9 Å².